The van der Waals surface area contributed by atoms with E-state index in [-0.39, 0.29) is 23.9 Å². The highest BCUT2D eigenvalue weighted by molar-refractivity contribution is 6.44. The predicted octanol–water partition coefficient (Wildman–Crippen LogP) is 4.65. The molecule has 1 fully saturated rings. The van der Waals surface area contributed by atoms with E-state index >= 15 is 0 Å². The zero-order valence-corrected chi connectivity index (χ0v) is 18.9. The van der Waals surface area contributed by atoms with Gasteiger partial charge in [0.15, 0.2) is 6.61 Å². The van der Waals surface area contributed by atoms with Crippen molar-refractivity contribution in [3.05, 3.63) is 57.6 Å². The number of carbonyl (C=O) groups is 3. The molecule has 3 rings (SSSR count). The number of hydrogen-bond acceptors (Lipinski definition) is 4. The van der Waals surface area contributed by atoms with Crippen molar-refractivity contribution in [1.29, 1.82) is 0 Å². The van der Waals surface area contributed by atoms with Crippen LogP contribution in [0.3, 0.4) is 0 Å². The lowest BCUT2D eigenvalue weighted by atomic mass is 10.0. The van der Waals surface area contributed by atoms with Crippen molar-refractivity contribution >= 4 is 52.4 Å². The Balaban J connectivity index is 1.60. The Morgan fingerprint density at radius 1 is 1.10 bits per heavy atom. The van der Waals surface area contributed by atoms with Gasteiger partial charge in [-0.05, 0) is 36.1 Å². The van der Waals surface area contributed by atoms with Gasteiger partial charge in [0, 0.05) is 18.7 Å². The minimum Gasteiger partial charge on any atom is -0.455 e. The van der Waals surface area contributed by atoms with E-state index in [4.69, 9.17) is 27.9 Å². The monoisotopic (exact) mass is 462 g/mol. The molecule has 2 aromatic rings. The van der Waals surface area contributed by atoms with Gasteiger partial charge in [-0.3, -0.25) is 14.4 Å². The Kier molecular flexibility index (Phi) is 7.57. The summed E-state index contributed by atoms with van der Waals surface area (Å²) in [5.41, 5.74) is 3.27. The van der Waals surface area contributed by atoms with Crippen molar-refractivity contribution in [1.82, 2.24) is 0 Å². The fourth-order valence-electron chi connectivity index (χ4n) is 3.63. The number of hydrogen-bond donors (Lipinski definition) is 1. The fourth-order valence-corrected chi connectivity index (χ4v) is 4.03. The molecule has 0 saturated carbocycles. The van der Waals surface area contributed by atoms with Crippen molar-refractivity contribution in [3.63, 3.8) is 0 Å². The molecule has 0 aromatic heterocycles. The highest BCUT2D eigenvalue weighted by Crippen LogP contribution is 2.35. The van der Waals surface area contributed by atoms with Gasteiger partial charge < -0.3 is 15.0 Å². The van der Waals surface area contributed by atoms with Crippen LogP contribution in [-0.4, -0.2) is 30.9 Å². The highest BCUT2D eigenvalue weighted by Gasteiger charge is 2.37. The zero-order valence-electron chi connectivity index (χ0n) is 17.4. The lowest BCUT2D eigenvalue weighted by Gasteiger charge is -2.18. The fraction of sp³-hybridized carbons (Fsp3) is 0.348. The zero-order chi connectivity index (χ0) is 22.5. The van der Waals surface area contributed by atoms with Gasteiger partial charge in [-0.2, -0.15) is 0 Å². The molecule has 1 saturated heterocycles. The number of esters is 1. The molecule has 0 spiro atoms. The lowest BCUT2D eigenvalue weighted by Crippen LogP contribution is -2.28. The highest BCUT2D eigenvalue weighted by atomic mass is 35.5. The summed E-state index contributed by atoms with van der Waals surface area (Å²) in [4.78, 5) is 38.7. The molecule has 2 aromatic carbocycles. The quantitative estimate of drug-likeness (QED) is 0.607. The third-order valence-electron chi connectivity index (χ3n) is 5.29. The van der Waals surface area contributed by atoms with Gasteiger partial charge in [-0.25, -0.2) is 0 Å². The smallest absolute Gasteiger partial charge is 0.311 e. The van der Waals surface area contributed by atoms with Crippen LogP contribution in [0.4, 0.5) is 11.4 Å². The van der Waals surface area contributed by atoms with Crippen molar-refractivity contribution in [2.24, 2.45) is 5.92 Å². The maximum atomic E-state index is 12.5. The molecular weight excluding hydrogens is 439 g/mol. The molecule has 164 valence electrons. The molecule has 0 radical (unpaired) electrons. The lowest BCUT2D eigenvalue weighted by molar-refractivity contribution is -0.151. The van der Waals surface area contributed by atoms with Gasteiger partial charge in [0.1, 0.15) is 0 Å². The standard InChI is InChI=1S/C23H24Cl2N2O4/c1-3-14-7-5-8-15(4-2)22(14)26-19(28)13-31-23(30)16-11-20(29)27(12-16)18-10-6-9-17(24)21(18)25/h5-10,16H,3-4,11-13H2,1-2H3,(H,26,28)/t16-/m0/s1. The molecule has 0 bridgehead atoms. The number of nitrogens with one attached hydrogen (secondary N) is 1. The van der Waals surface area contributed by atoms with Crippen molar-refractivity contribution < 1.29 is 19.1 Å². The number of ether oxygens (including phenoxy) is 1. The number of rotatable bonds is 7. The van der Waals surface area contributed by atoms with E-state index in [1.54, 1.807) is 18.2 Å². The molecule has 2 amide bonds. The first-order valence-corrected chi connectivity index (χ1v) is 10.9. The van der Waals surface area contributed by atoms with Crippen LogP contribution in [0.25, 0.3) is 0 Å². The number of aryl methyl sites for hydroxylation is 2. The number of nitrogens with zero attached hydrogens (tertiary/aromatic N) is 1. The summed E-state index contributed by atoms with van der Waals surface area (Å²) in [6.45, 7) is 3.74. The van der Waals surface area contributed by atoms with Crippen LogP contribution < -0.4 is 10.2 Å². The summed E-state index contributed by atoms with van der Waals surface area (Å²) in [6, 6.07) is 10.9. The van der Waals surface area contributed by atoms with Gasteiger partial charge in [0.25, 0.3) is 5.91 Å². The van der Waals surface area contributed by atoms with E-state index in [1.165, 1.54) is 4.90 Å². The SMILES string of the molecule is CCc1cccc(CC)c1NC(=O)COC(=O)[C@H]1CC(=O)N(c2cccc(Cl)c2Cl)C1. The van der Waals surface area contributed by atoms with Gasteiger partial charge >= 0.3 is 5.97 Å². The molecule has 0 unspecified atom stereocenters. The molecule has 1 N–H and O–H groups in total. The Bertz CT molecular complexity index is 987. The van der Waals surface area contributed by atoms with E-state index in [2.05, 4.69) is 5.32 Å². The van der Waals surface area contributed by atoms with Crippen LogP contribution in [0, 0.1) is 5.92 Å². The van der Waals surface area contributed by atoms with Gasteiger partial charge in [-0.1, -0.05) is 61.3 Å². The van der Waals surface area contributed by atoms with E-state index in [1.807, 2.05) is 32.0 Å². The van der Waals surface area contributed by atoms with E-state index in [0.717, 1.165) is 29.7 Å². The average Bonchev–Trinajstić information content (AvgIpc) is 3.15. The summed E-state index contributed by atoms with van der Waals surface area (Å²) in [6.07, 6.45) is 1.53. The predicted molar refractivity (Wildman–Crippen MR) is 122 cm³/mol. The molecule has 0 aliphatic carbocycles. The Morgan fingerprint density at radius 3 is 2.39 bits per heavy atom. The Morgan fingerprint density at radius 2 is 1.74 bits per heavy atom. The van der Waals surface area contributed by atoms with Crippen LogP contribution in [0.5, 0.6) is 0 Å². The van der Waals surface area contributed by atoms with E-state index in [0.29, 0.717) is 10.7 Å². The van der Waals surface area contributed by atoms with Crippen LogP contribution in [0.15, 0.2) is 36.4 Å². The molecule has 1 heterocycles. The number of halogens is 2. The molecule has 31 heavy (non-hydrogen) atoms. The Labute approximate surface area is 191 Å². The maximum absolute atomic E-state index is 12.5. The second-order valence-corrected chi connectivity index (χ2v) is 8.08. The maximum Gasteiger partial charge on any atom is 0.311 e. The minimum atomic E-state index is -0.676. The van der Waals surface area contributed by atoms with E-state index in [9.17, 15) is 14.4 Å². The average molecular weight is 463 g/mol. The van der Waals surface area contributed by atoms with Gasteiger partial charge in [0.2, 0.25) is 5.91 Å². The van der Waals surface area contributed by atoms with Gasteiger partial charge in [0.05, 0.1) is 21.7 Å². The third kappa shape index (κ3) is 5.20. The summed E-state index contributed by atoms with van der Waals surface area (Å²) < 4.78 is 5.20. The number of benzene rings is 2. The largest absolute Gasteiger partial charge is 0.455 e. The Hall–Kier alpha value is -2.57. The molecule has 6 nitrogen and oxygen atoms in total. The first-order chi connectivity index (χ1) is 14.8. The minimum absolute atomic E-state index is 0.0120. The molecule has 1 aliphatic rings. The summed E-state index contributed by atoms with van der Waals surface area (Å²) in [5.74, 6) is -1.93. The first-order valence-electron chi connectivity index (χ1n) is 10.2. The normalized spacial score (nSPS) is 15.8. The van der Waals surface area contributed by atoms with Crippen molar-refractivity contribution in [3.8, 4) is 0 Å². The second kappa shape index (κ2) is 10.2. The van der Waals surface area contributed by atoms with Crippen LogP contribution in [0.2, 0.25) is 10.0 Å². The van der Waals surface area contributed by atoms with Crippen LogP contribution in [0.1, 0.15) is 31.4 Å². The van der Waals surface area contributed by atoms with Gasteiger partial charge in [-0.15, -0.1) is 0 Å². The van der Waals surface area contributed by atoms with Crippen LogP contribution in [-0.2, 0) is 32.0 Å². The number of amides is 2. The van der Waals surface area contributed by atoms with E-state index < -0.39 is 24.4 Å². The first kappa shape index (κ1) is 23.1. The second-order valence-electron chi connectivity index (χ2n) is 7.29. The number of carbonyl (C=O) groups excluding carboxylic acids is 3. The summed E-state index contributed by atoms with van der Waals surface area (Å²) in [5, 5.41) is 3.44. The molecule has 8 heteroatoms. The molecular formula is C23H24Cl2N2O4. The molecule has 1 aliphatic heterocycles. The third-order valence-corrected chi connectivity index (χ3v) is 6.10. The number of para-hydroxylation sites is 1. The van der Waals surface area contributed by atoms with Crippen molar-refractivity contribution in [2.45, 2.75) is 33.1 Å². The van der Waals surface area contributed by atoms with Crippen molar-refractivity contribution in [2.75, 3.05) is 23.4 Å². The molecule has 1 atom stereocenters. The summed E-state index contributed by atoms with van der Waals surface area (Å²) in [7, 11) is 0. The number of anilines is 2. The summed E-state index contributed by atoms with van der Waals surface area (Å²) >= 11 is 12.2. The topological polar surface area (TPSA) is 75.7 Å². The van der Waals surface area contributed by atoms with Crippen LogP contribution >= 0.6 is 23.2 Å².